The Hall–Kier alpha value is -9.57. The molecule has 8 aromatic carbocycles. The van der Waals surface area contributed by atoms with Gasteiger partial charge in [0.2, 0.25) is 0 Å². The zero-order chi connectivity index (χ0) is 76.1. The van der Waals surface area contributed by atoms with Crippen LogP contribution in [0.15, 0.2) is 194 Å². The fourth-order valence-electron chi connectivity index (χ4n) is 13.3. The third kappa shape index (κ3) is 16.7. The molecule has 0 amide bonds. The van der Waals surface area contributed by atoms with E-state index in [9.17, 15) is 37.1 Å². The van der Waals surface area contributed by atoms with Crippen LogP contribution in [-0.4, -0.2) is 76.6 Å². The van der Waals surface area contributed by atoms with E-state index < -0.39 is 84.0 Å². The van der Waals surface area contributed by atoms with Crippen LogP contribution >= 0.6 is 0 Å². The van der Waals surface area contributed by atoms with Crippen LogP contribution in [-0.2, 0) is 107 Å². The number of benzene rings is 8. The van der Waals surface area contributed by atoms with Gasteiger partial charge in [-0.1, -0.05) is 169 Å². The molecule has 2 fully saturated rings. The Bertz CT molecular complexity index is 4960. The average Bonchev–Trinajstić information content (AvgIpc) is 1.61. The second kappa shape index (κ2) is 30.0. The molecule has 0 spiro atoms. The highest BCUT2D eigenvalue weighted by Crippen LogP contribution is 2.55. The molecular formula is C83H82F6N2O12. The van der Waals surface area contributed by atoms with E-state index in [-0.39, 0.29) is 97.9 Å². The SMILES string of the molecule is C.[2H]C(O)(Cn1c(C(C)(C)COCc2ccccc2)cc2cc(CC(=O)C3(c4ccc5c(c4)OC(F)(F)O5)CC3)c(F)cc21)C([2H])([2H])OCc1ccccc1.[2H]C([2H])(OCc1ccccc1)C(=O)Cn1c(C(C)(C)COCc2ccccc2)cc2cc(CC(=O)C3(c4ccc5c(c4)OC(F)(F)O5)CC3)c(F)cc21. The second-order valence-corrected chi connectivity index (χ2v) is 27.6. The van der Waals surface area contributed by atoms with Crippen LogP contribution < -0.4 is 18.9 Å². The van der Waals surface area contributed by atoms with E-state index in [1.807, 2.05) is 100 Å². The van der Waals surface area contributed by atoms with Crippen LogP contribution in [0, 0.1) is 11.6 Å². The monoisotopic (exact) mass is 1420 g/mol. The Labute approximate surface area is 601 Å². The summed E-state index contributed by atoms with van der Waals surface area (Å²) in [6.07, 6.45) is -9.10. The number of Topliss-reactive ketones (excluding diaryl/α,β-unsaturated/α-hetero) is 3. The molecule has 0 saturated heterocycles. The molecule has 14 rings (SSSR count). The van der Waals surface area contributed by atoms with Gasteiger partial charge in [-0.15, -0.1) is 17.6 Å². The van der Waals surface area contributed by atoms with E-state index in [0.717, 1.165) is 11.1 Å². The minimum atomic E-state index is -3.80. The van der Waals surface area contributed by atoms with Gasteiger partial charge in [-0.3, -0.25) is 14.4 Å². The first-order chi connectivity index (χ1) is 50.6. The molecule has 1 N–H and O–H groups in total. The molecule has 14 nitrogen and oxygen atoms in total. The van der Waals surface area contributed by atoms with Crippen molar-refractivity contribution in [1.29, 1.82) is 0 Å². The number of nitrogens with zero attached hydrogens (tertiary/aromatic N) is 2. The summed E-state index contributed by atoms with van der Waals surface area (Å²) in [5.74, 6) is -3.38. The van der Waals surface area contributed by atoms with Crippen molar-refractivity contribution in [3.63, 3.8) is 0 Å². The number of halogens is 6. The van der Waals surface area contributed by atoms with E-state index in [0.29, 0.717) is 88.8 Å². The van der Waals surface area contributed by atoms with E-state index >= 15 is 8.78 Å². The lowest BCUT2D eigenvalue weighted by atomic mass is 9.87. The molecule has 1 unspecified atom stereocenters. The first-order valence-corrected chi connectivity index (χ1v) is 33.5. The zero-order valence-corrected chi connectivity index (χ0v) is 56.5. The van der Waals surface area contributed by atoms with Crippen LogP contribution in [0.5, 0.6) is 23.0 Å². The highest BCUT2D eigenvalue weighted by molar-refractivity contribution is 5.97. The van der Waals surface area contributed by atoms with Gasteiger partial charge >= 0.3 is 12.6 Å². The topological polar surface area (TPSA) is 155 Å². The van der Waals surface area contributed by atoms with Gasteiger partial charge < -0.3 is 52.1 Å². The highest BCUT2D eigenvalue weighted by Gasteiger charge is 2.54. The van der Waals surface area contributed by atoms with Crippen molar-refractivity contribution in [3.05, 3.63) is 262 Å². The Kier molecular flexibility index (Phi) is 19.4. The van der Waals surface area contributed by atoms with Crippen molar-refractivity contribution in [1.82, 2.24) is 9.13 Å². The maximum atomic E-state index is 16.1. The molecule has 103 heavy (non-hydrogen) atoms. The van der Waals surface area contributed by atoms with Gasteiger partial charge in [0.15, 0.2) is 28.8 Å². The Balaban J connectivity index is 0.000000200. The largest absolute Gasteiger partial charge is 0.586 e. The normalized spacial score (nSPS) is 17.1. The van der Waals surface area contributed by atoms with Crippen LogP contribution in [0.3, 0.4) is 0 Å². The van der Waals surface area contributed by atoms with Gasteiger partial charge in [-0.05, 0) is 131 Å². The number of hydrogen-bond acceptors (Lipinski definition) is 12. The molecule has 0 radical (unpaired) electrons. The smallest absolute Gasteiger partial charge is 0.395 e. The number of carbonyl (C=O) groups is 3. The molecule has 2 aliphatic heterocycles. The molecular weight excluding hydrogens is 1330 g/mol. The van der Waals surface area contributed by atoms with Crippen LogP contribution in [0.4, 0.5) is 26.3 Å². The lowest BCUT2D eigenvalue weighted by molar-refractivity contribution is -0.287. The lowest BCUT2D eigenvalue weighted by Crippen LogP contribution is -2.30. The summed E-state index contributed by atoms with van der Waals surface area (Å²) in [4.78, 5) is 41.2. The predicted molar refractivity (Wildman–Crippen MR) is 377 cm³/mol. The maximum absolute atomic E-state index is 16.1. The van der Waals surface area contributed by atoms with Crippen molar-refractivity contribution >= 4 is 39.2 Å². The van der Waals surface area contributed by atoms with E-state index in [2.05, 4.69) is 18.9 Å². The number of aliphatic hydroxyl groups is 1. The van der Waals surface area contributed by atoms with Crippen LogP contribution in [0.25, 0.3) is 21.8 Å². The summed E-state index contributed by atoms with van der Waals surface area (Å²) in [5, 5.41) is 12.5. The minimum absolute atomic E-state index is 0. The summed E-state index contributed by atoms with van der Waals surface area (Å²) in [7, 11) is 0. The molecule has 2 aromatic heterocycles. The van der Waals surface area contributed by atoms with Crippen LogP contribution in [0.1, 0.15) is 124 Å². The molecule has 10 aromatic rings. The number of rotatable bonds is 30. The molecule has 2 saturated carbocycles. The maximum Gasteiger partial charge on any atom is 0.586 e. The summed E-state index contributed by atoms with van der Waals surface area (Å²) < 4.78 is 174. The average molecular weight is 1420 g/mol. The lowest BCUT2D eigenvalue weighted by Gasteiger charge is -2.28. The fourth-order valence-corrected chi connectivity index (χ4v) is 13.3. The molecule has 20 heteroatoms. The second-order valence-electron chi connectivity index (χ2n) is 27.6. The molecule has 1 atom stereocenters. The first-order valence-electron chi connectivity index (χ1n) is 36.0. The van der Waals surface area contributed by atoms with E-state index in [1.165, 1.54) is 41.0 Å². The van der Waals surface area contributed by atoms with Gasteiger partial charge in [-0.25, -0.2) is 8.78 Å². The quantitative estimate of drug-likeness (QED) is 0.0426. The number of ether oxygens (including phenoxy) is 8. The highest BCUT2D eigenvalue weighted by atomic mass is 19.3. The van der Waals surface area contributed by atoms with Gasteiger partial charge in [-0.2, -0.15) is 0 Å². The summed E-state index contributed by atoms with van der Waals surface area (Å²) in [6.45, 7) is 1.81. The van der Waals surface area contributed by atoms with Gasteiger partial charge in [0.25, 0.3) is 0 Å². The fraction of sp³-hybridized carbons (Fsp3) is 0.337. The Morgan fingerprint density at radius 3 is 1.28 bits per heavy atom. The van der Waals surface area contributed by atoms with E-state index in [1.54, 1.807) is 89.5 Å². The summed E-state index contributed by atoms with van der Waals surface area (Å²) in [6, 6.07) is 54.7. The molecule has 538 valence electrons. The standard InChI is InChI=1S/C41H40F3NO6.C41H38F3NO6.CH4/c2*1-39(2,26-49-24-28-11-7-4-8-12-28)37-18-30-17-29(19-38(47)40(15-16-40)31-13-14-35-36(20-31)51-41(43,44)50-35)33(42)21-34(30)45(37)22-32(46)25-48-23-27-9-5-3-6-10-27;/h3-14,17-18,20-21,32,46H,15-16,19,22-26H2,1-2H3;3-14,17-18,20-21H,15-16,19,22-26H2,1-2H3;1H4/i25D2,32D;25D2;. The van der Waals surface area contributed by atoms with Gasteiger partial charge in [0, 0.05) is 45.8 Å². The summed E-state index contributed by atoms with van der Waals surface area (Å²) >= 11 is 0. The predicted octanol–water partition coefficient (Wildman–Crippen LogP) is 16.9. The Morgan fingerprint density at radius 1 is 0.505 bits per heavy atom. The molecule has 0 bridgehead atoms. The van der Waals surface area contributed by atoms with Gasteiger partial charge in [0.05, 0.1) is 94.1 Å². The van der Waals surface area contributed by atoms with Crippen molar-refractivity contribution in [2.75, 3.05) is 26.3 Å². The number of fused-ring (bicyclic) bond motifs is 4. The zero-order valence-electron chi connectivity index (χ0n) is 61.5. The third-order valence-electron chi connectivity index (χ3n) is 19.0. The van der Waals surface area contributed by atoms with Crippen molar-refractivity contribution < 1.29 is 90.6 Å². The first kappa shape index (κ1) is 66.7. The molecule has 4 aliphatic rings. The van der Waals surface area contributed by atoms with Crippen molar-refractivity contribution in [2.24, 2.45) is 0 Å². The third-order valence-corrected chi connectivity index (χ3v) is 19.0. The van der Waals surface area contributed by atoms with E-state index in [4.69, 9.17) is 25.8 Å². The van der Waals surface area contributed by atoms with Gasteiger partial charge in [0.1, 0.15) is 29.8 Å². The van der Waals surface area contributed by atoms with Crippen molar-refractivity contribution in [3.8, 4) is 23.0 Å². The Morgan fingerprint density at radius 2 is 0.874 bits per heavy atom. The number of carbonyl (C=O) groups excluding carboxylic acids is 3. The van der Waals surface area contributed by atoms with Crippen LogP contribution in [0.2, 0.25) is 0 Å². The van der Waals surface area contributed by atoms with Crippen molar-refractivity contribution in [2.45, 2.75) is 153 Å². The number of hydrogen-bond donors (Lipinski definition) is 1. The molecule has 2 aliphatic carbocycles. The minimum Gasteiger partial charge on any atom is -0.395 e. The molecule has 4 heterocycles. The summed E-state index contributed by atoms with van der Waals surface area (Å²) in [5.41, 5.74) is 2.80. The number of aromatic nitrogens is 2. The number of ketones is 3. The number of alkyl halides is 4.